The summed E-state index contributed by atoms with van der Waals surface area (Å²) >= 11 is 0. The zero-order valence-electron chi connectivity index (χ0n) is 18.2. The third-order valence-electron chi connectivity index (χ3n) is 6.78. The zero-order valence-corrected chi connectivity index (χ0v) is 18.2. The predicted molar refractivity (Wildman–Crippen MR) is 128 cm³/mol. The number of ether oxygens (including phenoxy) is 1. The second-order valence-corrected chi connectivity index (χ2v) is 8.74. The molecule has 9 nitrogen and oxygen atoms in total. The number of aliphatic hydroxyl groups excluding tert-OH is 3. The van der Waals surface area contributed by atoms with Crippen LogP contribution in [0.15, 0.2) is 70.4 Å². The summed E-state index contributed by atoms with van der Waals surface area (Å²) in [5, 5.41) is 35.3. The van der Waals surface area contributed by atoms with Crippen molar-refractivity contribution < 1.29 is 24.9 Å². The Morgan fingerprint density at radius 3 is 2.23 bits per heavy atom. The Bertz CT molecular complexity index is 1720. The first-order valence-electron chi connectivity index (χ1n) is 11.1. The van der Waals surface area contributed by atoms with Crippen molar-refractivity contribution in [3.8, 4) is 0 Å². The number of hydrogen-bond acceptors (Lipinski definition) is 7. The normalized spacial score (nSPS) is 22.5. The van der Waals surface area contributed by atoms with Gasteiger partial charge in [-0.25, -0.2) is 4.79 Å². The van der Waals surface area contributed by atoms with Crippen LogP contribution in [0.2, 0.25) is 0 Å². The number of hydrogen-bond donors (Lipinski definition) is 4. The lowest BCUT2D eigenvalue weighted by Crippen LogP contribution is -2.39. The van der Waals surface area contributed by atoms with E-state index < -0.39 is 48.2 Å². The molecule has 0 spiro atoms. The molecule has 1 saturated heterocycles. The van der Waals surface area contributed by atoms with Crippen molar-refractivity contribution in [2.75, 3.05) is 6.61 Å². The first-order valence-corrected chi connectivity index (χ1v) is 11.1. The Hall–Kier alpha value is -3.89. The van der Waals surface area contributed by atoms with Gasteiger partial charge in [-0.15, -0.1) is 0 Å². The van der Waals surface area contributed by atoms with E-state index in [0.29, 0.717) is 5.39 Å². The average Bonchev–Trinajstić information content (AvgIpc) is 3.15. The van der Waals surface area contributed by atoms with Crippen LogP contribution in [0.4, 0.5) is 0 Å². The van der Waals surface area contributed by atoms with Crippen LogP contribution in [0.5, 0.6) is 0 Å². The fourth-order valence-electron chi connectivity index (χ4n) is 5.02. The summed E-state index contributed by atoms with van der Waals surface area (Å²) < 4.78 is 6.26. The topological polar surface area (TPSA) is 142 Å². The standard InChI is InChI=1S/C26H20N2O7/c29-11-18-22(31)23(32)25(35-18)28-10-17(24(33)27-26(28)34)21(30)16-9-7-14-5-4-12-2-1-3-13-6-8-15(16)20(14)19(12)13/h1-10,18,22-23,25,29,31-32H,11H2,(H,27,33,34)/t18-,22-,23-,25-/m1/s1. The van der Waals surface area contributed by atoms with Crippen molar-refractivity contribution in [1.82, 2.24) is 9.55 Å². The van der Waals surface area contributed by atoms with Gasteiger partial charge in [0.1, 0.15) is 23.9 Å². The molecule has 1 fully saturated rings. The molecule has 35 heavy (non-hydrogen) atoms. The summed E-state index contributed by atoms with van der Waals surface area (Å²) in [6.07, 6.45) is -4.47. The molecule has 0 aliphatic carbocycles. The predicted octanol–water partition coefficient (Wildman–Crippen LogP) is 1.28. The maximum absolute atomic E-state index is 13.6. The minimum Gasteiger partial charge on any atom is -0.394 e. The Balaban J connectivity index is 1.52. The lowest BCUT2D eigenvalue weighted by atomic mass is 9.90. The molecule has 2 heterocycles. The molecule has 4 N–H and O–H groups in total. The molecule has 9 heteroatoms. The lowest BCUT2D eigenvalue weighted by molar-refractivity contribution is -0.0550. The van der Waals surface area contributed by atoms with Gasteiger partial charge in [0.25, 0.3) is 5.56 Å². The summed E-state index contributed by atoms with van der Waals surface area (Å²) in [5.74, 6) is -0.607. The number of nitrogens with zero attached hydrogens (tertiary/aromatic N) is 1. The Morgan fingerprint density at radius 2 is 1.54 bits per heavy atom. The van der Waals surface area contributed by atoms with E-state index in [1.54, 1.807) is 6.07 Å². The molecule has 0 saturated carbocycles. The molecule has 0 amide bonds. The molecule has 4 atom stereocenters. The van der Waals surface area contributed by atoms with Crippen molar-refractivity contribution in [3.05, 3.63) is 92.8 Å². The summed E-state index contributed by atoms with van der Waals surface area (Å²) in [6, 6.07) is 17.2. The molecule has 5 aromatic rings. The number of rotatable bonds is 4. The van der Waals surface area contributed by atoms with Gasteiger partial charge in [-0.05, 0) is 38.4 Å². The van der Waals surface area contributed by atoms with E-state index in [1.165, 1.54) is 0 Å². The van der Waals surface area contributed by atoms with Gasteiger partial charge in [0, 0.05) is 11.8 Å². The number of aromatic nitrogens is 2. The minimum absolute atomic E-state index is 0.285. The van der Waals surface area contributed by atoms with Gasteiger partial charge < -0.3 is 20.1 Å². The van der Waals surface area contributed by atoms with Crippen LogP contribution >= 0.6 is 0 Å². The number of carbonyl (C=O) groups excluding carboxylic acids is 1. The van der Waals surface area contributed by atoms with Crippen LogP contribution in [0.25, 0.3) is 32.3 Å². The van der Waals surface area contributed by atoms with E-state index in [-0.39, 0.29) is 11.1 Å². The third-order valence-corrected chi connectivity index (χ3v) is 6.78. The molecule has 6 rings (SSSR count). The second kappa shape index (κ2) is 7.82. The number of aromatic amines is 1. The van der Waals surface area contributed by atoms with Gasteiger partial charge in [-0.3, -0.25) is 19.1 Å². The van der Waals surface area contributed by atoms with Crippen LogP contribution in [-0.2, 0) is 4.74 Å². The molecule has 0 bridgehead atoms. The zero-order chi connectivity index (χ0) is 24.4. The Morgan fingerprint density at radius 1 is 0.886 bits per heavy atom. The highest BCUT2D eigenvalue weighted by Gasteiger charge is 2.44. The molecule has 4 aromatic carbocycles. The van der Waals surface area contributed by atoms with E-state index in [0.717, 1.165) is 37.7 Å². The highest BCUT2D eigenvalue weighted by atomic mass is 16.6. The fourth-order valence-corrected chi connectivity index (χ4v) is 5.02. The second-order valence-electron chi connectivity index (χ2n) is 8.74. The Kier molecular flexibility index (Phi) is 4.83. The molecule has 1 aliphatic heterocycles. The summed E-state index contributed by atoms with van der Waals surface area (Å²) in [5.41, 5.74) is -1.84. The monoisotopic (exact) mass is 472 g/mol. The molecule has 0 unspecified atom stereocenters. The largest absolute Gasteiger partial charge is 0.394 e. The third kappa shape index (κ3) is 3.14. The maximum atomic E-state index is 13.6. The van der Waals surface area contributed by atoms with Gasteiger partial charge >= 0.3 is 5.69 Å². The first-order chi connectivity index (χ1) is 16.9. The van der Waals surface area contributed by atoms with Crippen LogP contribution in [-0.4, -0.2) is 55.6 Å². The number of benzene rings is 4. The summed E-state index contributed by atoms with van der Waals surface area (Å²) in [7, 11) is 0. The molecule has 1 aromatic heterocycles. The van der Waals surface area contributed by atoms with Crippen molar-refractivity contribution in [3.63, 3.8) is 0 Å². The van der Waals surface area contributed by atoms with Crippen molar-refractivity contribution >= 4 is 38.1 Å². The van der Waals surface area contributed by atoms with Crippen molar-refractivity contribution in [2.24, 2.45) is 0 Å². The number of aliphatic hydroxyl groups is 3. The van der Waals surface area contributed by atoms with E-state index in [2.05, 4.69) is 4.98 Å². The summed E-state index contributed by atoms with van der Waals surface area (Å²) in [6.45, 7) is -0.582. The average molecular weight is 472 g/mol. The van der Waals surface area contributed by atoms with Gasteiger partial charge in [0.05, 0.1) is 6.61 Å². The van der Waals surface area contributed by atoms with Gasteiger partial charge in [-0.2, -0.15) is 0 Å². The molecule has 0 radical (unpaired) electrons. The minimum atomic E-state index is -1.55. The van der Waals surface area contributed by atoms with Gasteiger partial charge in [0.15, 0.2) is 6.23 Å². The van der Waals surface area contributed by atoms with E-state index >= 15 is 0 Å². The summed E-state index contributed by atoms with van der Waals surface area (Å²) in [4.78, 5) is 40.9. The molecular formula is C26H20N2O7. The van der Waals surface area contributed by atoms with Gasteiger partial charge in [-0.1, -0.05) is 48.5 Å². The molecule has 176 valence electrons. The van der Waals surface area contributed by atoms with Crippen molar-refractivity contribution in [2.45, 2.75) is 24.5 Å². The maximum Gasteiger partial charge on any atom is 0.330 e. The van der Waals surface area contributed by atoms with Crippen LogP contribution in [0, 0.1) is 0 Å². The Labute approximate surface area is 196 Å². The number of nitrogens with one attached hydrogen (secondary N) is 1. The van der Waals surface area contributed by atoms with E-state index in [1.807, 2.05) is 48.5 Å². The van der Waals surface area contributed by atoms with Crippen LogP contribution in [0.1, 0.15) is 22.1 Å². The molecule has 1 aliphatic rings. The number of ketones is 1. The van der Waals surface area contributed by atoms with E-state index in [9.17, 15) is 29.7 Å². The number of carbonyl (C=O) groups is 1. The lowest BCUT2D eigenvalue weighted by Gasteiger charge is -2.18. The first kappa shape index (κ1) is 21.6. The fraction of sp³-hybridized carbons (Fsp3) is 0.192. The van der Waals surface area contributed by atoms with Gasteiger partial charge in [0.2, 0.25) is 5.78 Å². The van der Waals surface area contributed by atoms with E-state index in [4.69, 9.17) is 4.74 Å². The van der Waals surface area contributed by atoms with Crippen LogP contribution in [0.3, 0.4) is 0 Å². The van der Waals surface area contributed by atoms with Crippen LogP contribution < -0.4 is 11.2 Å². The molecular weight excluding hydrogens is 452 g/mol. The van der Waals surface area contributed by atoms with Crippen molar-refractivity contribution in [1.29, 1.82) is 0 Å². The SMILES string of the molecule is O=C(c1cn([C@@H]2O[C@H](CO)[C@@H](O)[C@H]2O)c(=O)[nH]c1=O)c1ccc2ccc3cccc4ccc1c2c34. The highest BCUT2D eigenvalue weighted by Crippen LogP contribution is 2.36. The smallest absolute Gasteiger partial charge is 0.330 e. The number of H-pyrrole nitrogens is 1. The quantitative estimate of drug-likeness (QED) is 0.228. The highest BCUT2D eigenvalue weighted by molar-refractivity contribution is 6.28.